The van der Waals surface area contributed by atoms with Gasteiger partial charge in [-0.05, 0) is 26.7 Å². The zero-order valence-corrected chi connectivity index (χ0v) is 10.3. The first-order valence-electron chi connectivity index (χ1n) is 5.51. The quantitative estimate of drug-likeness (QED) is 0.827. The molecule has 0 spiro atoms. The molecular formula is C11H19N3O2. The van der Waals surface area contributed by atoms with Crippen LogP contribution in [0.4, 0.5) is 10.6 Å². The molecule has 1 heterocycles. The van der Waals surface area contributed by atoms with Crippen molar-refractivity contribution in [2.24, 2.45) is 0 Å². The van der Waals surface area contributed by atoms with Crippen LogP contribution in [0, 0.1) is 6.92 Å². The number of hydrogen-bond acceptors (Lipinski definition) is 3. The van der Waals surface area contributed by atoms with E-state index in [-0.39, 0.29) is 11.6 Å². The molecule has 1 aromatic rings. The summed E-state index contributed by atoms with van der Waals surface area (Å²) in [6.07, 6.45) is 1.77. The van der Waals surface area contributed by atoms with E-state index in [0.717, 1.165) is 12.8 Å². The van der Waals surface area contributed by atoms with E-state index in [1.54, 1.807) is 13.0 Å². The highest BCUT2D eigenvalue weighted by Gasteiger charge is 2.22. The largest absolute Gasteiger partial charge is 0.360 e. The van der Waals surface area contributed by atoms with Crippen LogP contribution >= 0.6 is 0 Å². The Morgan fingerprint density at radius 3 is 2.56 bits per heavy atom. The van der Waals surface area contributed by atoms with Crippen LogP contribution in [0.3, 0.4) is 0 Å². The summed E-state index contributed by atoms with van der Waals surface area (Å²) in [6.45, 7) is 7.88. The number of aryl methyl sites for hydroxylation is 1. The molecule has 0 saturated heterocycles. The second-order valence-electron chi connectivity index (χ2n) is 4.17. The average Bonchev–Trinajstić information content (AvgIpc) is 2.63. The van der Waals surface area contributed by atoms with Crippen molar-refractivity contribution < 1.29 is 9.32 Å². The molecule has 1 rings (SSSR count). The van der Waals surface area contributed by atoms with Crippen molar-refractivity contribution in [2.45, 2.75) is 46.1 Å². The predicted octanol–water partition coefficient (Wildman–Crippen LogP) is 2.68. The summed E-state index contributed by atoms with van der Waals surface area (Å²) in [6, 6.07) is 1.42. The highest BCUT2D eigenvalue weighted by atomic mass is 16.5. The predicted molar refractivity (Wildman–Crippen MR) is 62.4 cm³/mol. The van der Waals surface area contributed by atoms with E-state index >= 15 is 0 Å². The normalized spacial score (nSPS) is 11.2. The molecule has 0 bridgehead atoms. The second kappa shape index (κ2) is 5.01. The number of nitrogens with one attached hydrogen (secondary N) is 2. The Bertz CT molecular complexity index is 356. The lowest BCUT2D eigenvalue weighted by atomic mass is 9.96. The third kappa shape index (κ3) is 3.25. The fraction of sp³-hybridized carbons (Fsp3) is 0.636. The average molecular weight is 225 g/mol. The summed E-state index contributed by atoms with van der Waals surface area (Å²) >= 11 is 0. The van der Waals surface area contributed by atoms with Crippen molar-refractivity contribution in [1.29, 1.82) is 0 Å². The minimum absolute atomic E-state index is 0.178. The maximum absolute atomic E-state index is 11.7. The van der Waals surface area contributed by atoms with E-state index in [1.165, 1.54) is 0 Å². The summed E-state index contributed by atoms with van der Waals surface area (Å²) in [5.74, 6) is 1.11. The molecule has 5 nitrogen and oxygen atoms in total. The van der Waals surface area contributed by atoms with Gasteiger partial charge >= 0.3 is 6.03 Å². The first-order chi connectivity index (χ1) is 7.49. The van der Waals surface area contributed by atoms with Gasteiger partial charge in [-0.25, -0.2) is 4.79 Å². The van der Waals surface area contributed by atoms with Crippen LogP contribution in [0.5, 0.6) is 0 Å². The van der Waals surface area contributed by atoms with Gasteiger partial charge in [0.05, 0.1) is 0 Å². The third-order valence-corrected chi connectivity index (χ3v) is 2.85. The Balaban J connectivity index is 2.53. The molecule has 2 amide bonds. The van der Waals surface area contributed by atoms with Crippen molar-refractivity contribution in [3.05, 3.63) is 11.8 Å². The molecule has 0 unspecified atom stereocenters. The molecule has 5 heteroatoms. The fourth-order valence-electron chi connectivity index (χ4n) is 1.27. The topological polar surface area (TPSA) is 67.2 Å². The number of carbonyl (C=O) groups excluding carboxylic acids is 1. The van der Waals surface area contributed by atoms with Crippen molar-refractivity contribution in [1.82, 2.24) is 10.5 Å². The highest BCUT2D eigenvalue weighted by Crippen LogP contribution is 2.14. The molecule has 2 N–H and O–H groups in total. The van der Waals surface area contributed by atoms with Gasteiger partial charge < -0.3 is 9.84 Å². The Hall–Kier alpha value is -1.52. The molecule has 0 atom stereocenters. The highest BCUT2D eigenvalue weighted by molar-refractivity contribution is 5.88. The molecule has 16 heavy (non-hydrogen) atoms. The molecule has 0 aliphatic carbocycles. The van der Waals surface area contributed by atoms with Crippen LogP contribution in [0.25, 0.3) is 0 Å². The van der Waals surface area contributed by atoms with E-state index in [4.69, 9.17) is 4.52 Å². The Morgan fingerprint density at radius 2 is 2.12 bits per heavy atom. The number of nitrogens with zero attached hydrogens (tertiary/aromatic N) is 1. The maximum atomic E-state index is 11.7. The number of hydrogen-bond donors (Lipinski definition) is 2. The monoisotopic (exact) mass is 225 g/mol. The molecule has 0 aliphatic rings. The zero-order valence-electron chi connectivity index (χ0n) is 10.3. The van der Waals surface area contributed by atoms with Crippen molar-refractivity contribution in [3.63, 3.8) is 0 Å². The Labute approximate surface area is 95.6 Å². The number of urea groups is 1. The molecule has 0 radical (unpaired) electrons. The summed E-state index contributed by atoms with van der Waals surface area (Å²) in [4.78, 5) is 11.7. The summed E-state index contributed by atoms with van der Waals surface area (Å²) in [7, 11) is 0. The van der Waals surface area contributed by atoms with Crippen LogP contribution in [0.1, 0.15) is 39.4 Å². The number of rotatable bonds is 4. The van der Waals surface area contributed by atoms with Gasteiger partial charge in [0.1, 0.15) is 5.76 Å². The first-order valence-corrected chi connectivity index (χ1v) is 5.51. The van der Waals surface area contributed by atoms with E-state index < -0.39 is 0 Å². The lowest BCUT2D eigenvalue weighted by Gasteiger charge is -2.27. The van der Waals surface area contributed by atoms with E-state index in [1.807, 2.05) is 20.8 Å². The van der Waals surface area contributed by atoms with Crippen molar-refractivity contribution in [3.8, 4) is 0 Å². The second-order valence-corrected chi connectivity index (χ2v) is 4.17. The molecule has 0 aromatic carbocycles. The van der Waals surface area contributed by atoms with E-state index in [9.17, 15) is 4.79 Å². The minimum Gasteiger partial charge on any atom is -0.360 e. The van der Waals surface area contributed by atoms with Crippen LogP contribution < -0.4 is 10.6 Å². The fourth-order valence-corrected chi connectivity index (χ4v) is 1.27. The third-order valence-electron chi connectivity index (χ3n) is 2.85. The maximum Gasteiger partial charge on any atom is 0.320 e. The number of amides is 2. The number of carbonyl (C=O) groups is 1. The van der Waals surface area contributed by atoms with Crippen LogP contribution in [0.15, 0.2) is 10.6 Å². The van der Waals surface area contributed by atoms with Crippen molar-refractivity contribution >= 4 is 11.8 Å². The van der Waals surface area contributed by atoms with Crippen LogP contribution in [0.2, 0.25) is 0 Å². The lowest BCUT2D eigenvalue weighted by molar-refractivity contribution is 0.236. The van der Waals surface area contributed by atoms with Gasteiger partial charge in [-0.1, -0.05) is 19.0 Å². The van der Waals surface area contributed by atoms with Crippen molar-refractivity contribution in [2.75, 3.05) is 5.32 Å². The SMILES string of the molecule is CCC(C)(CC)NC(=O)Nc1cc(C)on1. The molecule has 0 fully saturated rings. The molecule has 0 aliphatic heterocycles. The zero-order chi connectivity index (χ0) is 12.2. The van der Waals surface area contributed by atoms with Crippen LogP contribution in [-0.2, 0) is 0 Å². The Kier molecular flexibility index (Phi) is 3.93. The van der Waals surface area contributed by atoms with Crippen LogP contribution in [-0.4, -0.2) is 16.7 Å². The van der Waals surface area contributed by atoms with Gasteiger partial charge in [-0.3, -0.25) is 5.32 Å². The van der Waals surface area contributed by atoms with E-state index in [2.05, 4.69) is 15.8 Å². The van der Waals surface area contributed by atoms with Gasteiger partial charge in [-0.2, -0.15) is 0 Å². The molecule has 1 aromatic heterocycles. The number of anilines is 1. The smallest absolute Gasteiger partial charge is 0.320 e. The van der Waals surface area contributed by atoms with Gasteiger partial charge in [0.15, 0.2) is 5.82 Å². The molecular weight excluding hydrogens is 206 g/mol. The standard InChI is InChI=1S/C11H19N3O2/c1-5-11(4,6-2)13-10(15)12-9-7-8(3)16-14-9/h7H,5-6H2,1-4H3,(H2,12,13,14,15). The molecule has 0 saturated carbocycles. The summed E-state index contributed by atoms with van der Waals surface area (Å²) < 4.78 is 4.86. The van der Waals surface area contributed by atoms with Gasteiger partial charge in [0, 0.05) is 11.6 Å². The van der Waals surface area contributed by atoms with Gasteiger partial charge in [-0.15, -0.1) is 0 Å². The summed E-state index contributed by atoms with van der Waals surface area (Å²) in [5, 5.41) is 9.24. The lowest BCUT2D eigenvalue weighted by Crippen LogP contribution is -2.46. The molecule has 90 valence electrons. The number of aromatic nitrogens is 1. The van der Waals surface area contributed by atoms with E-state index in [0.29, 0.717) is 11.6 Å². The summed E-state index contributed by atoms with van der Waals surface area (Å²) in [5.41, 5.74) is -0.178. The Morgan fingerprint density at radius 1 is 1.50 bits per heavy atom. The first kappa shape index (κ1) is 12.5. The van der Waals surface area contributed by atoms with Gasteiger partial charge in [0.2, 0.25) is 0 Å². The van der Waals surface area contributed by atoms with Gasteiger partial charge in [0.25, 0.3) is 0 Å². The minimum atomic E-state index is -0.250.